The van der Waals surface area contributed by atoms with Gasteiger partial charge in [-0.2, -0.15) is 4.68 Å². The fourth-order valence-corrected chi connectivity index (χ4v) is 3.90. The third-order valence-electron chi connectivity index (χ3n) is 4.29. The van der Waals surface area contributed by atoms with Crippen LogP contribution in [0.2, 0.25) is 0 Å². The van der Waals surface area contributed by atoms with E-state index < -0.39 is 5.25 Å². The van der Waals surface area contributed by atoms with Gasteiger partial charge in [-0.3, -0.25) is 4.79 Å². The molecule has 0 spiro atoms. The highest BCUT2D eigenvalue weighted by atomic mass is 32.2. The van der Waals surface area contributed by atoms with E-state index in [4.69, 9.17) is 0 Å². The molecule has 136 valence electrons. The van der Waals surface area contributed by atoms with Gasteiger partial charge in [0.15, 0.2) is 5.78 Å². The Morgan fingerprint density at radius 2 is 2.04 bits per heavy atom. The minimum Gasteiger partial charge on any atom is -0.358 e. The number of para-hydroxylation sites is 1. The van der Waals surface area contributed by atoms with Crippen LogP contribution in [0.4, 0.5) is 4.39 Å². The lowest BCUT2D eigenvalue weighted by Crippen LogP contribution is -2.15. The fourth-order valence-electron chi connectivity index (χ4n) is 3.03. The van der Waals surface area contributed by atoms with Gasteiger partial charge in [-0.15, -0.1) is 5.10 Å². The predicted molar refractivity (Wildman–Crippen MR) is 102 cm³/mol. The van der Waals surface area contributed by atoms with Gasteiger partial charge in [-0.1, -0.05) is 36.0 Å². The highest BCUT2D eigenvalue weighted by Gasteiger charge is 2.24. The zero-order chi connectivity index (χ0) is 19.0. The molecule has 4 rings (SSSR count). The molecule has 1 N–H and O–H groups in total. The van der Waals surface area contributed by atoms with Crippen LogP contribution < -0.4 is 0 Å². The summed E-state index contributed by atoms with van der Waals surface area (Å²) < 4.78 is 14.9. The number of carbonyl (C=O) groups excluding carboxylic acids is 1. The molecule has 6 nitrogen and oxygen atoms in total. The molecule has 2 aromatic carbocycles. The van der Waals surface area contributed by atoms with Crippen LogP contribution >= 0.6 is 11.8 Å². The zero-order valence-electron chi connectivity index (χ0n) is 14.7. The first-order valence-corrected chi connectivity index (χ1v) is 9.25. The maximum Gasteiger partial charge on any atom is 0.214 e. The molecule has 0 aliphatic rings. The predicted octanol–water partition coefficient (Wildman–Crippen LogP) is 3.95. The van der Waals surface area contributed by atoms with Crippen molar-refractivity contribution in [1.29, 1.82) is 0 Å². The molecular formula is C19H16FN5OS. The maximum atomic E-state index is 13.5. The SMILES string of the molecule is Cc1[nH]c2ccccc2c1C(=O)[C@H](C)Sc1nnnn1-c1cccc(F)c1. The number of thioether (sulfide) groups is 1. The summed E-state index contributed by atoms with van der Waals surface area (Å²) in [7, 11) is 0. The van der Waals surface area contributed by atoms with Gasteiger partial charge >= 0.3 is 0 Å². The molecule has 2 heterocycles. The highest BCUT2D eigenvalue weighted by molar-refractivity contribution is 8.00. The Hall–Kier alpha value is -3.00. The van der Waals surface area contributed by atoms with Crippen LogP contribution in [0.25, 0.3) is 16.6 Å². The molecule has 8 heteroatoms. The maximum absolute atomic E-state index is 13.5. The van der Waals surface area contributed by atoms with Gasteiger partial charge in [-0.05, 0) is 48.5 Å². The minimum absolute atomic E-state index is 0.0104. The van der Waals surface area contributed by atoms with Crippen molar-refractivity contribution in [1.82, 2.24) is 25.2 Å². The second kappa shape index (κ2) is 6.96. The molecule has 0 saturated carbocycles. The number of Topliss-reactive ketones (excluding diaryl/α,β-unsaturated/α-hetero) is 1. The number of hydrogen-bond donors (Lipinski definition) is 1. The molecule has 0 radical (unpaired) electrons. The quantitative estimate of drug-likeness (QED) is 0.418. The Balaban J connectivity index is 1.63. The second-order valence-electron chi connectivity index (χ2n) is 6.15. The van der Waals surface area contributed by atoms with Crippen LogP contribution in [0.1, 0.15) is 23.0 Å². The number of nitrogens with zero attached hydrogens (tertiary/aromatic N) is 4. The molecule has 2 aromatic heterocycles. The van der Waals surface area contributed by atoms with Crippen LogP contribution in [-0.4, -0.2) is 36.2 Å². The Morgan fingerprint density at radius 1 is 1.22 bits per heavy atom. The smallest absolute Gasteiger partial charge is 0.214 e. The largest absolute Gasteiger partial charge is 0.358 e. The van der Waals surface area contributed by atoms with E-state index in [-0.39, 0.29) is 11.6 Å². The van der Waals surface area contributed by atoms with Gasteiger partial charge in [0.25, 0.3) is 0 Å². The molecule has 0 amide bonds. The molecule has 0 saturated heterocycles. The number of carbonyl (C=O) groups is 1. The number of H-pyrrole nitrogens is 1. The van der Waals surface area contributed by atoms with Crippen LogP contribution in [0.3, 0.4) is 0 Å². The summed E-state index contributed by atoms with van der Waals surface area (Å²) in [4.78, 5) is 16.3. The van der Waals surface area contributed by atoms with Gasteiger partial charge in [0.1, 0.15) is 5.82 Å². The molecule has 1 atom stereocenters. The van der Waals surface area contributed by atoms with Gasteiger partial charge in [0.05, 0.1) is 10.9 Å². The average Bonchev–Trinajstić information content (AvgIpc) is 3.24. The third kappa shape index (κ3) is 3.23. The number of aromatic amines is 1. The topological polar surface area (TPSA) is 76.5 Å². The average molecular weight is 381 g/mol. The van der Waals surface area contributed by atoms with E-state index in [0.717, 1.165) is 16.6 Å². The number of aryl methyl sites for hydroxylation is 1. The van der Waals surface area contributed by atoms with Crippen molar-refractivity contribution in [3.05, 3.63) is 65.6 Å². The summed E-state index contributed by atoms with van der Waals surface area (Å²) >= 11 is 1.24. The lowest BCUT2D eigenvalue weighted by molar-refractivity contribution is 0.0995. The molecule has 0 fully saturated rings. The normalized spacial score (nSPS) is 12.4. The van der Waals surface area contributed by atoms with Crippen molar-refractivity contribution in [2.24, 2.45) is 0 Å². The van der Waals surface area contributed by atoms with E-state index in [1.807, 2.05) is 38.1 Å². The van der Waals surface area contributed by atoms with Crippen molar-refractivity contribution < 1.29 is 9.18 Å². The first-order chi connectivity index (χ1) is 13.0. The Bertz CT molecular complexity index is 1140. The van der Waals surface area contributed by atoms with Crippen LogP contribution in [0, 0.1) is 12.7 Å². The third-order valence-corrected chi connectivity index (χ3v) is 5.32. The van der Waals surface area contributed by atoms with Gasteiger partial charge < -0.3 is 4.98 Å². The number of aromatic nitrogens is 5. The molecule has 4 aromatic rings. The monoisotopic (exact) mass is 381 g/mol. The van der Waals surface area contributed by atoms with Crippen molar-refractivity contribution >= 4 is 28.4 Å². The summed E-state index contributed by atoms with van der Waals surface area (Å²) in [6.07, 6.45) is 0. The zero-order valence-corrected chi connectivity index (χ0v) is 15.5. The molecule has 0 aliphatic carbocycles. The molecule has 0 bridgehead atoms. The number of nitrogens with one attached hydrogen (secondary N) is 1. The van der Waals surface area contributed by atoms with Crippen molar-refractivity contribution in [3.63, 3.8) is 0 Å². The Morgan fingerprint density at radius 3 is 2.85 bits per heavy atom. The van der Waals surface area contributed by atoms with E-state index in [9.17, 15) is 9.18 Å². The van der Waals surface area contributed by atoms with E-state index in [1.165, 1.54) is 28.6 Å². The first kappa shape index (κ1) is 17.4. The van der Waals surface area contributed by atoms with Crippen LogP contribution in [-0.2, 0) is 0 Å². The van der Waals surface area contributed by atoms with E-state index in [2.05, 4.69) is 20.5 Å². The van der Waals surface area contributed by atoms with Gasteiger partial charge in [0, 0.05) is 22.2 Å². The van der Waals surface area contributed by atoms with Crippen LogP contribution in [0.5, 0.6) is 0 Å². The van der Waals surface area contributed by atoms with Gasteiger partial charge in [-0.25, -0.2) is 4.39 Å². The summed E-state index contributed by atoms with van der Waals surface area (Å²) in [5, 5.41) is 12.5. The molecule has 27 heavy (non-hydrogen) atoms. The summed E-state index contributed by atoms with van der Waals surface area (Å²) in [6, 6.07) is 13.7. The summed E-state index contributed by atoms with van der Waals surface area (Å²) in [5.41, 5.74) is 2.94. The van der Waals surface area contributed by atoms with E-state index in [0.29, 0.717) is 16.4 Å². The Kier molecular flexibility index (Phi) is 4.49. The Labute approximate surface area is 158 Å². The minimum atomic E-state index is -0.416. The highest BCUT2D eigenvalue weighted by Crippen LogP contribution is 2.29. The second-order valence-corrected chi connectivity index (χ2v) is 7.46. The van der Waals surface area contributed by atoms with Crippen molar-refractivity contribution in [3.8, 4) is 5.69 Å². The number of rotatable bonds is 5. The van der Waals surface area contributed by atoms with Crippen molar-refractivity contribution in [2.75, 3.05) is 0 Å². The molecular weight excluding hydrogens is 365 g/mol. The molecule has 0 unspecified atom stereocenters. The lowest BCUT2D eigenvalue weighted by Gasteiger charge is -2.10. The van der Waals surface area contributed by atoms with E-state index in [1.54, 1.807) is 12.1 Å². The number of fused-ring (bicyclic) bond motifs is 1. The summed E-state index contributed by atoms with van der Waals surface area (Å²) in [6.45, 7) is 3.71. The standard InChI is InChI=1S/C19H16FN5OS/c1-11-17(15-8-3-4-9-16(15)21-11)18(26)12(2)27-19-22-23-24-25(19)14-7-5-6-13(20)10-14/h3-10,12,21H,1-2H3/t12-/m0/s1. The van der Waals surface area contributed by atoms with Crippen molar-refractivity contribution in [2.45, 2.75) is 24.3 Å². The number of hydrogen-bond acceptors (Lipinski definition) is 5. The fraction of sp³-hybridized carbons (Fsp3) is 0.158. The molecule has 0 aliphatic heterocycles. The number of tetrazole rings is 1. The number of ketones is 1. The van der Waals surface area contributed by atoms with Crippen LogP contribution in [0.15, 0.2) is 53.7 Å². The summed E-state index contributed by atoms with van der Waals surface area (Å²) in [5.74, 6) is -0.388. The van der Waals surface area contributed by atoms with Gasteiger partial charge in [0.2, 0.25) is 5.16 Å². The lowest BCUT2D eigenvalue weighted by atomic mass is 10.1. The number of halogens is 1. The van der Waals surface area contributed by atoms with E-state index >= 15 is 0 Å². The first-order valence-electron chi connectivity index (χ1n) is 8.37. The number of benzene rings is 2.